The Balaban J connectivity index is 0.976. The summed E-state index contributed by atoms with van der Waals surface area (Å²) in [5.41, 5.74) is 8.19. The van der Waals surface area contributed by atoms with E-state index in [0.29, 0.717) is 40.5 Å². The molecule has 3 aliphatic rings. The highest BCUT2D eigenvalue weighted by atomic mass is 32.1. The number of aryl methyl sites for hydroxylation is 2. The number of anilines is 3. The summed E-state index contributed by atoms with van der Waals surface area (Å²) in [5.74, 6) is 0.344. The number of aliphatic hydroxyl groups is 1. The van der Waals surface area contributed by atoms with Crippen LogP contribution >= 0.6 is 11.3 Å². The van der Waals surface area contributed by atoms with Crippen molar-refractivity contribution in [2.75, 3.05) is 48.0 Å². The molecule has 0 saturated carbocycles. The maximum Gasteiger partial charge on any atom is 0.259 e. The number of pyridine rings is 1. The molecule has 0 bridgehead atoms. The van der Waals surface area contributed by atoms with Gasteiger partial charge in [-0.25, -0.2) is 4.98 Å². The van der Waals surface area contributed by atoms with Gasteiger partial charge in [0.25, 0.3) is 11.8 Å². The third-order valence-electron chi connectivity index (χ3n) is 10.9. The number of rotatable bonds is 8. The highest BCUT2D eigenvalue weighted by molar-refractivity contribution is 7.17. The van der Waals surface area contributed by atoms with E-state index in [0.717, 1.165) is 83.1 Å². The van der Waals surface area contributed by atoms with E-state index in [4.69, 9.17) is 4.74 Å². The van der Waals surface area contributed by atoms with E-state index in [-0.39, 0.29) is 36.0 Å². The second kappa shape index (κ2) is 14.3. The van der Waals surface area contributed by atoms with Crippen LogP contribution in [0.25, 0.3) is 10.4 Å². The van der Waals surface area contributed by atoms with E-state index >= 15 is 0 Å². The summed E-state index contributed by atoms with van der Waals surface area (Å²) in [4.78, 5) is 51.6. The number of Topliss-reactive ketones (excluding diaryl/α,β-unsaturated/α-hetero) is 1. The van der Waals surface area contributed by atoms with Crippen LogP contribution < -0.4 is 15.1 Å². The zero-order valence-corrected chi connectivity index (χ0v) is 30.8. The molecule has 10 heteroatoms. The van der Waals surface area contributed by atoms with Crippen molar-refractivity contribution in [3.63, 3.8) is 0 Å². The van der Waals surface area contributed by atoms with Crippen LogP contribution in [-0.2, 0) is 24.2 Å². The van der Waals surface area contributed by atoms with Gasteiger partial charge < -0.3 is 25.0 Å². The lowest BCUT2D eigenvalue weighted by molar-refractivity contribution is -0.000511. The Bertz CT molecular complexity index is 2210. The molecule has 2 amide bonds. The number of ether oxygens (including phenoxy) is 1. The molecule has 2 fully saturated rings. The highest BCUT2D eigenvalue weighted by Gasteiger charge is 2.45. The Morgan fingerprint density at radius 3 is 2.51 bits per heavy atom. The minimum Gasteiger partial charge on any atom is -0.392 e. The van der Waals surface area contributed by atoms with Gasteiger partial charge in [-0.15, -0.1) is 11.3 Å². The van der Waals surface area contributed by atoms with Crippen LogP contribution in [0.1, 0.15) is 71.0 Å². The summed E-state index contributed by atoms with van der Waals surface area (Å²) in [6, 6.07) is 24.5. The van der Waals surface area contributed by atoms with Gasteiger partial charge >= 0.3 is 0 Å². The fourth-order valence-electron chi connectivity index (χ4n) is 7.92. The fourth-order valence-corrected chi connectivity index (χ4v) is 9.10. The van der Waals surface area contributed by atoms with Gasteiger partial charge in [-0.1, -0.05) is 36.4 Å². The third-order valence-corrected chi connectivity index (χ3v) is 12.2. The van der Waals surface area contributed by atoms with Gasteiger partial charge in [0.05, 0.1) is 22.7 Å². The molecular weight excluding hydrogens is 685 g/mol. The molecule has 3 aromatic carbocycles. The molecule has 1 spiro atoms. The molecule has 2 aromatic heterocycles. The van der Waals surface area contributed by atoms with E-state index in [9.17, 15) is 19.5 Å². The van der Waals surface area contributed by atoms with E-state index < -0.39 is 0 Å². The zero-order chi connectivity index (χ0) is 36.7. The van der Waals surface area contributed by atoms with Gasteiger partial charge in [-0.3, -0.25) is 14.4 Å². The van der Waals surface area contributed by atoms with Gasteiger partial charge in [0.15, 0.2) is 5.78 Å². The molecule has 2 saturated heterocycles. The van der Waals surface area contributed by atoms with Crippen molar-refractivity contribution in [2.24, 2.45) is 5.41 Å². The van der Waals surface area contributed by atoms with Crippen LogP contribution in [0.5, 0.6) is 0 Å². The minimum absolute atomic E-state index is 0.0171. The van der Waals surface area contributed by atoms with Crippen molar-refractivity contribution >= 4 is 46.1 Å². The predicted octanol–water partition coefficient (Wildman–Crippen LogP) is 7.42. The van der Waals surface area contributed by atoms with Crippen LogP contribution in [0.15, 0.2) is 85.1 Å². The standard InChI is InChI=1S/C43H42N4O5S/c1-27-20-35(40(44-23-27)46-25-43(26-46)15-18-52-19-16-43)41(50)45-32-12-10-29(11-13-32)42(51)47-17-14-30-21-38(53-39(30)33-8-3-4-9-36(33)47)37(49)22-34-28(2)6-5-7-31(34)24-48/h3-13,20-21,23,48H,14-19,22,24-26H2,1-2H3,(H,45,50). The Morgan fingerprint density at radius 2 is 1.74 bits per heavy atom. The smallest absolute Gasteiger partial charge is 0.259 e. The van der Waals surface area contributed by atoms with Gasteiger partial charge in [0, 0.05) is 72.6 Å². The monoisotopic (exact) mass is 726 g/mol. The number of nitrogens with zero attached hydrogens (tertiary/aromatic N) is 3. The number of carbonyl (C=O) groups is 3. The van der Waals surface area contributed by atoms with Crippen molar-refractivity contribution in [1.82, 2.24) is 4.98 Å². The lowest BCUT2D eigenvalue weighted by Crippen LogP contribution is -2.59. The Morgan fingerprint density at radius 1 is 0.962 bits per heavy atom. The number of aliphatic hydroxyl groups excluding tert-OH is 1. The van der Waals surface area contributed by atoms with Gasteiger partial charge in [0.2, 0.25) is 0 Å². The first-order valence-electron chi connectivity index (χ1n) is 18.2. The summed E-state index contributed by atoms with van der Waals surface area (Å²) in [5, 5.41) is 12.9. The second-order valence-corrected chi connectivity index (χ2v) is 15.6. The summed E-state index contributed by atoms with van der Waals surface area (Å²) in [7, 11) is 0. The SMILES string of the molecule is Cc1cnc(N2CC3(CCOCC3)C2)c(C(=O)Nc2ccc(C(=O)N3CCc4cc(C(=O)Cc5c(C)cccc5CO)sc4-c4ccccc43)cc2)c1. The molecule has 270 valence electrons. The summed E-state index contributed by atoms with van der Waals surface area (Å²) < 4.78 is 5.57. The molecule has 8 rings (SSSR count). The largest absolute Gasteiger partial charge is 0.392 e. The molecule has 0 unspecified atom stereocenters. The van der Waals surface area contributed by atoms with E-state index in [1.807, 2.05) is 68.4 Å². The van der Waals surface area contributed by atoms with E-state index in [1.54, 1.807) is 35.4 Å². The zero-order valence-electron chi connectivity index (χ0n) is 30.0. The van der Waals surface area contributed by atoms with E-state index in [1.165, 1.54) is 11.3 Å². The van der Waals surface area contributed by atoms with Crippen molar-refractivity contribution in [2.45, 2.75) is 46.1 Å². The molecule has 53 heavy (non-hydrogen) atoms. The van der Waals surface area contributed by atoms with Gasteiger partial charge in [-0.2, -0.15) is 0 Å². The average molecular weight is 727 g/mol. The number of nitrogens with one attached hydrogen (secondary N) is 1. The first kappa shape index (κ1) is 34.9. The van der Waals surface area contributed by atoms with Crippen molar-refractivity contribution in [3.05, 3.63) is 129 Å². The van der Waals surface area contributed by atoms with Crippen LogP contribution in [0.2, 0.25) is 0 Å². The minimum atomic E-state index is -0.235. The Kier molecular flexibility index (Phi) is 9.44. The number of hydrogen-bond donors (Lipinski definition) is 2. The molecule has 9 nitrogen and oxygen atoms in total. The van der Waals surface area contributed by atoms with Crippen molar-refractivity contribution in [1.29, 1.82) is 0 Å². The van der Waals surface area contributed by atoms with Crippen molar-refractivity contribution < 1.29 is 24.2 Å². The third kappa shape index (κ3) is 6.78. The second-order valence-electron chi connectivity index (χ2n) is 14.5. The van der Waals surface area contributed by atoms with Crippen LogP contribution in [0, 0.1) is 19.3 Å². The molecule has 2 N–H and O–H groups in total. The predicted molar refractivity (Wildman–Crippen MR) is 208 cm³/mol. The Labute approximate surface area is 313 Å². The molecule has 5 heterocycles. The number of aromatic nitrogens is 1. The molecule has 0 aliphatic carbocycles. The number of ketones is 1. The first-order chi connectivity index (χ1) is 25.7. The fraction of sp³-hybridized carbons (Fsp3) is 0.302. The Hall–Kier alpha value is -5.16. The van der Waals surface area contributed by atoms with Crippen molar-refractivity contribution in [3.8, 4) is 10.4 Å². The quantitative estimate of drug-likeness (QED) is 0.160. The molecular formula is C43H42N4O5S. The topological polar surface area (TPSA) is 112 Å². The average Bonchev–Trinajstić information content (AvgIpc) is 3.53. The molecule has 0 radical (unpaired) electrons. The van der Waals surface area contributed by atoms with Crippen LogP contribution in [0.4, 0.5) is 17.2 Å². The number of carbonyl (C=O) groups excluding carboxylic acids is 3. The maximum absolute atomic E-state index is 14.1. The lowest BCUT2D eigenvalue weighted by Gasteiger charge is -2.53. The van der Waals surface area contributed by atoms with Crippen LogP contribution in [0.3, 0.4) is 0 Å². The molecule has 5 aromatic rings. The van der Waals surface area contributed by atoms with Crippen LogP contribution in [-0.4, -0.2) is 60.5 Å². The number of hydrogen-bond acceptors (Lipinski definition) is 8. The van der Waals surface area contributed by atoms with Gasteiger partial charge in [0.1, 0.15) is 5.82 Å². The van der Waals surface area contributed by atoms with E-state index in [2.05, 4.69) is 15.2 Å². The molecule has 0 atom stereocenters. The highest BCUT2D eigenvalue weighted by Crippen LogP contribution is 2.44. The summed E-state index contributed by atoms with van der Waals surface area (Å²) >= 11 is 1.46. The number of benzene rings is 3. The molecule has 3 aliphatic heterocycles. The summed E-state index contributed by atoms with van der Waals surface area (Å²) in [6.07, 6.45) is 4.69. The first-order valence-corrected chi connectivity index (χ1v) is 19.0. The normalized spacial score (nSPS) is 16.0. The number of para-hydroxylation sites is 1. The lowest BCUT2D eigenvalue weighted by atomic mass is 9.73. The maximum atomic E-state index is 14.1. The number of fused-ring (bicyclic) bond motifs is 3. The number of amides is 2. The summed E-state index contributed by atoms with van der Waals surface area (Å²) in [6.45, 7) is 7.55. The van der Waals surface area contributed by atoms with Gasteiger partial charge in [-0.05, 0) is 103 Å². The number of thiophene rings is 1.